The fraction of sp³-hybridized carbons (Fsp3) is 0.143. The van der Waals surface area contributed by atoms with Gasteiger partial charge < -0.3 is 4.90 Å². The molecule has 2 aromatic carbocycles. The third-order valence-electron chi connectivity index (χ3n) is 4.47. The lowest BCUT2D eigenvalue weighted by Crippen LogP contribution is -2.31. The van der Waals surface area contributed by atoms with Crippen LogP contribution in [0.5, 0.6) is 0 Å². The van der Waals surface area contributed by atoms with Gasteiger partial charge in [0.2, 0.25) is 10.0 Å². The molecule has 3 aromatic rings. The van der Waals surface area contributed by atoms with E-state index in [4.69, 9.17) is 34.8 Å². The first kappa shape index (κ1) is 23.5. The van der Waals surface area contributed by atoms with Crippen molar-refractivity contribution in [3.8, 4) is 0 Å². The minimum atomic E-state index is -3.75. The van der Waals surface area contributed by atoms with Gasteiger partial charge in [-0.25, -0.2) is 13.1 Å². The van der Waals surface area contributed by atoms with Crippen molar-refractivity contribution in [2.45, 2.75) is 18.0 Å². The number of benzene rings is 2. The number of hydrogen-bond donors (Lipinski definition) is 1. The summed E-state index contributed by atoms with van der Waals surface area (Å²) >= 11 is 18.4. The maximum atomic E-state index is 13.4. The van der Waals surface area contributed by atoms with E-state index in [1.54, 1.807) is 36.5 Å². The summed E-state index contributed by atoms with van der Waals surface area (Å²) in [6.45, 7) is 0.366. The van der Waals surface area contributed by atoms with Gasteiger partial charge in [0.05, 0.1) is 37.8 Å². The summed E-state index contributed by atoms with van der Waals surface area (Å²) in [7, 11) is -2.45. The van der Waals surface area contributed by atoms with Crippen LogP contribution in [0.2, 0.25) is 15.1 Å². The number of carbonyl (C=O) groups excluding carboxylic acids is 1. The molecule has 0 aliphatic heterocycles. The van der Waals surface area contributed by atoms with E-state index in [1.807, 2.05) is 6.07 Å². The van der Waals surface area contributed by atoms with Crippen molar-refractivity contribution in [1.29, 1.82) is 0 Å². The molecule has 1 heterocycles. The molecule has 3 rings (SSSR count). The zero-order valence-electron chi connectivity index (χ0n) is 16.3. The molecule has 1 aromatic heterocycles. The van der Waals surface area contributed by atoms with Crippen molar-refractivity contribution < 1.29 is 13.2 Å². The number of nitrogens with zero attached hydrogens (tertiary/aromatic N) is 2. The van der Waals surface area contributed by atoms with Crippen LogP contribution in [0.15, 0.2) is 65.7 Å². The fourth-order valence-corrected chi connectivity index (χ4v) is 4.14. The first-order chi connectivity index (χ1) is 14.7. The highest BCUT2D eigenvalue weighted by atomic mass is 35.5. The van der Waals surface area contributed by atoms with Gasteiger partial charge in [0, 0.05) is 12.7 Å². The average Bonchev–Trinajstić information content (AvgIpc) is 2.76. The Hall–Kier alpha value is -2.16. The maximum absolute atomic E-state index is 13.4. The minimum Gasteiger partial charge on any atom is -0.328 e. The second-order valence-electron chi connectivity index (χ2n) is 6.58. The van der Waals surface area contributed by atoms with E-state index in [-0.39, 0.29) is 28.6 Å². The van der Waals surface area contributed by atoms with Crippen molar-refractivity contribution in [2.24, 2.45) is 0 Å². The molecule has 1 amide bonds. The summed E-state index contributed by atoms with van der Waals surface area (Å²) in [5.74, 6) is -0.449. The second-order valence-corrected chi connectivity index (χ2v) is 9.69. The van der Waals surface area contributed by atoms with Crippen LogP contribution in [0.25, 0.3) is 0 Å². The average molecular weight is 499 g/mol. The monoisotopic (exact) mass is 497 g/mol. The second kappa shape index (κ2) is 9.97. The van der Waals surface area contributed by atoms with Crippen LogP contribution in [0.4, 0.5) is 0 Å². The molecule has 0 bridgehead atoms. The quantitative estimate of drug-likeness (QED) is 0.508. The normalized spacial score (nSPS) is 11.4. The highest BCUT2D eigenvalue weighted by Gasteiger charge is 2.23. The minimum absolute atomic E-state index is 0.0601. The Balaban J connectivity index is 2.01. The molecule has 0 saturated carbocycles. The molecule has 0 aliphatic carbocycles. The smallest absolute Gasteiger partial charge is 0.256 e. The predicted octanol–water partition coefficient (Wildman–Crippen LogP) is 4.79. The zero-order chi connectivity index (χ0) is 22.6. The van der Waals surface area contributed by atoms with Crippen molar-refractivity contribution in [3.05, 3.63) is 92.7 Å². The van der Waals surface area contributed by atoms with Gasteiger partial charge in [0.1, 0.15) is 0 Å². The van der Waals surface area contributed by atoms with E-state index in [0.717, 1.165) is 5.56 Å². The van der Waals surface area contributed by atoms with Crippen LogP contribution in [0.1, 0.15) is 21.6 Å². The standard InChI is InChI=1S/C21H18Cl3N3O3S/c1-25-31(29,30)16-6-8-18(22)17(11-16)21(28)27(13-15-4-2-3-9-26-15)12-14-5-7-19(23)20(24)10-14/h2-11,25H,12-13H2,1H3. The number of rotatable bonds is 7. The Morgan fingerprint density at radius 2 is 1.71 bits per heavy atom. The molecule has 0 radical (unpaired) electrons. The lowest BCUT2D eigenvalue weighted by molar-refractivity contribution is 0.0727. The predicted molar refractivity (Wildman–Crippen MR) is 122 cm³/mol. The van der Waals surface area contributed by atoms with Crippen molar-refractivity contribution in [1.82, 2.24) is 14.6 Å². The third kappa shape index (κ3) is 5.75. The summed E-state index contributed by atoms with van der Waals surface area (Å²) < 4.78 is 26.6. The van der Waals surface area contributed by atoms with Crippen LogP contribution < -0.4 is 4.72 Å². The van der Waals surface area contributed by atoms with E-state index in [2.05, 4.69) is 9.71 Å². The fourth-order valence-electron chi connectivity index (χ4n) is 2.87. The first-order valence-corrected chi connectivity index (χ1v) is 11.7. The molecule has 0 unspecified atom stereocenters. The van der Waals surface area contributed by atoms with E-state index in [9.17, 15) is 13.2 Å². The molecular formula is C21H18Cl3N3O3S. The number of carbonyl (C=O) groups is 1. The SMILES string of the molecule is CNS(=O)(=O)c1ccc(Cl)c(C(=O)N(Cc2ccc(Cl)c(Cl)c2)Cc2ccccn2)c1. The van der Waals surface area contributed by atoms with E-state index < -0.39 is 15.9 Å². The molecule has 0 fully saturated rings. The number of aromatic nitrogens is 1. The zero-order valence-corrected chi connectivity index (χ0v) is 19.4. The molecule has 0 atom stereocenters. The van der Waals surface area contributed by atoms with Gasteiger partial charge >= 0.3 is 0 Å². The van der Waals surface area contributed by atoms with Gasteiger partial charge in [-0.2, -0.15) is 0 Å². The molecular weight excluding hydrogens is 481 g/mol. The van der Waals surface area contributed by atoms with E-state index in [1.165, 1.54) is 30.1 Å². The van der Waals surface area contributed by atoms with Crippen molar-refractivity contribution >= 4 is 50.7 Å². The van der Waals surface area contributed by atoms with Gasteiger partial charge in [-0.05, 0) is 55.1 Å². The topological polar surface area (TPSA) is 79.4 Å². The number of pyridine rings is 1. The highest BCUT2D eigenvalue weighted by molar-refractivity contribution is 7.89. The number of amides is 1. The summed E-state index contributed by atoms with van der Waals surface area (Å²) in [5.41, 5.74) is 1.47. The summed E-state index contributed by atoms with van der Waals surface area (Å²) in [4.78, 5) is 19.2. The number of halogens is 3. The van der Waals surface area contributed by atoms with Gasteiger partial charge in [-0.15, -0.1) is 0 Å². The summed E-state index contributed by atoms with van der Waals surface area (Å²) in [6, 6.07) is 14.5. The molecule has 6 nitrogen and oxygen atoms in total. The van der Waals surface area contributed by atoms with Crippen LogP contribution >= 0.6 is 34.8 Å². The lowest BCUT2D eigenvalue weighted by atomic mass is 10.1. The Morgan fingerprint density at radius 3 is 2.35 bits per heavy atom. The van der Waals surface area contributed by atoms with Gasteiger partial charge in [0.15, 0.2) is 0 Å². The van der Waals surface area contributed by atoms with E-state index in [0.29, 0.717) is 15.7 Å². The van der Waals surface area contributed by atoms with Gasteiger partial charge in [-0.1, -0.05) is 46.9 Å². The van der Waals surface area contributed by atoms with Crippen LogP contribution in [-0.4, -0.2) is 31.3 Å². The van der Waals surface area contributed by atoms with Crippen molar-refractivity contribution in [2.75, 3.05) is 7.05 Å². The van der Waals surface area contributed by atoms with E-state index >= 15 is 0 Å². The molecule has 0 saturated heterocycles. The number of hydrogen-bond acceptors (Lipinski definition) is 4. The van der Waals surface area contributed by atoms with Crippen LogP contribution in [-0.2, 0) is 23.1 Å². The maximum Gasteiger partial charge on any atom is 0.256 e. The van der Waals surface area contributed by atoms with Crippen LogP contribution in [0.3, 0.4) is 0 Å². The Kier molecular flexibility index (Phi) is 7.56. The van der Waals surface area contributed by atoms with Crippen LogP contribution in [0, 0.1) is 0 Å². The Bertz CT molecular complexity index is 1200. The molecule has 1 N–H and O–H groups in total. The van der Waals surface area contributed by atoms with Gasteiger partial charge in [0.25, 0.3) is 5.91 Å². The van der Waals surface area contributed by atoms with Crippen molar-refractivity contribution in [3.63, 3.8) is 0 Å². The molecule has 10 heteroatoms. The largest absolute Gasteiger partial charge is 0.328 e. The molecule has 0 spiro atoms. The first-order valence-electron chi connectivity index (χ1n) is 9.07. The molecule has 0 aliphatic rings. The highest BCUT2D eigenvalue weighted by Crippen LogP contribution is 2.26. The van der Waals surface area contributed by atoms with Gasteiger partial charge in [-0.3, -0.25) is 9.78 Å². The lowest BCUT2D eigenvalue weighted by Gasteiger charge is -2.24. The summed E-state index contributed by atoms with van der Waals surface area (Å²) in [5, 5.41) is 0.908. The Morgan fingerprint density at radius 1 is 0.968 bits per heavy atom. The molecule has 162 valence electrons. The third-order valence-corrected chi connectivity index (χ3v) is 6.95. The molecule has 31 heavy (non-hydrogen) atoms. The summed E-state index contributed by atoms with van der Waals surface area (Å²) in [6.07, 6.45) is 1.63. The number of nitrogens with one attached hydrogen (secondary N) is 1. The Labute approximate surface area is 195 Å². The number of sulfonamides is 1.